The van der Waals surface area contributed by atoms with Crippen molar-refractivity contribution in [1.82, 2.24) is 4.90 Å². The van der Waals surface area contributed by atoms with Gasteiger partial charge < -0.3 is 5.11 Å². The number of alkyl halides is 3. The van der Waals surface area contributed by atoms with Gasteiger partial charge in [0.15, 0.2) is 0 Å². The third kappa shape index (κ3) is 7.62. The van der Waals surface area contributed by atoms with Crippen LogP contribution in [0.4, 0.5) is 13.2 Å². The molecule has 92 valence electrons. The van der Waals surface area contributed by atoms with Crippen LogP contribution in [-0.2, 0) is 0 Å². The van der Waals surface area contributed by atoms with E-state index in [-0.39, 0.29) is 6.04 Å². The van der Waals surface area contributed by atoms with E-state index in [0.29, 0.717) is 19.4 Å². The monoisotopic (exact) mass is 227 g/mol. The molecule has 0 aliphatic carbocycles. The van der Waals surface area contributed by atoms with Gasteiger partial charge in [-0.25, -0.2) is 0 Å². The fraction of sp³-hybridized carbons (Fsp3) is 1.00. The summed E-state index contributed by atoms with van der Waals surface area (Å²) in [5.41, 5.74) is 0. The van der Waals surface area contributed by atoms with E-state index in [4.69, 9.17) is 5.11 Å². The summed E-state index contributed by atoms with van der Waals surface area (Å²) in [6.07, 6.45) is -3.68. The van der Waals surface area contributed by atoms with Gasteiger partial charge in [-0.15, -0.1) is 0 Å². The minimum Gasteiger partial charge on any atom is -0.393 e. The van der Waals surface area contributed by atoms with Crippen LogP contribution < -0.4 is 0 Å². The molecule has 0 aliphatic rings. The van der Waals surface area contributed by atoms with E-state index in [1.807, 2.05) is 6.92 Å². The Hall–Kier alpha value is -0.290. The molecule has 2 nitrogen and oxygen atoms in total. The molecule has 0 aliphatic heterocycles. The molecule has 0 bridgehead atoms. The maximum absolute atomic E-state index is 12.2. The maximum atomic E-state index is 12.2. The number of halogens is 3. The predicted octanol–water partition coefficient (Wildman–Crippen LogP) is 2.42. The summed E-state index contributed by atoms with van der Waals surface area (Å²) in [5.74, 6) is 0. The van der Waals surface area contributed by atoms with E-state index in [1.54, 1.807) is 13.8 Å². The molecule has 0 heterocycles. The Morgan fingerprint density at radius 3 is 2.13 bits per heavy atom. The van der Waals surface area contributed by atoms with Crippen LogP contribution in [-0.4, -0.2) is 41.4 Å². The molecule has 2 atom stereocenters. The van der Waals surface area contributed by atoms with E-state index in [9.17, 15) is 13.2 Å². The smallest absolute Gasteiger partial charge is 0.393 e. The number of hydrogen-bond acceptors (Lipinski definition) is 2. The van der Waals surface area contributed by atoms with Crippen LogP contribution in [0, 0.1) is 0 Å². The number of aliphatic hydroxyl groups excluding tert-OH is 1. The van der Waals surface area contributed by atoms with Crippen molar-refractivity contribution in [2.24, 2.45) is 0 Å². The molecule has 2 unspecified atom stereocenters. The Kier molecular flexibility index (Phi) is 6.20. The molecule has 0 saturated carbocycles. The summed E-state index contributed by atoms with van der Waals surface area (Å²) in [6.45, 7) is 4.67. The predicted molar refractivity (Wildman–Crippen MR) is 53.7 cm³/mol. The van der Waals surface area contributed by atoms with Gasteiger partial charge in [-0.2, -0.15) is 13.2 Å². The quantitative estimate of drug-likeness (QED) is 0.753. The van der Waals surface area contributed by atoms with Crippen molar-refractivity contribution < 1.29 is 18.3 Å². The first-order valence-electron chi connectivity index (χ1n) is 5.25. The van der Waals surface area contributed by atoms with E-state index in [1.165, 1.54) is 4.90 Å². The highest BCUT2D eigenvalue weighted by atomic mass is 19.4. The third-order valence-corrected chi connectivity index (χ3v) is 2.20. The van der Waals surface area contributed by atoms with Crippen LogP contribution in [0.5, 0.6) is 0 Å². The maximum Gasteiger partial charge on any atom is 0.401 e. The Balaban J connectivity index is 4.24. The highest BCUT2D eigenvalue weighted by molar-refractivity contribution is 4.72. The van der Waals surface area contributed by atoms with Crippen molar-refractivity contribution in [2.75, 3.05) is 13.1 Å². The Morgan fingerprint density at radius 1 is 1.27 bits per heavy atom. The van der Waals surface area contributed by atoms with Crippen molar-refractivity contribution in [3.05, 3.63) is 0 Å². The lowest BCUT2D eigenvalue weighted by Gasteiger charge is -2.30. The number of aliphatic hydroxyl groups is 1. The van der Waals surface area contributed by atoms with E-state index in [2.05, 4.69) is 0 Å². The van der Waals surface area contributed by atoms with Crippen LogP contribution in [0.3, 0.4) is 0 Å². The van der Waals surface area contributed by atoms with Gasteiger partial charge in [-0.1, -0.05) is 6.92 Å². The van der Waals surface area contributed by atoms with Crippen molar-refractivity contribution in [1.29, 1.82) is 0 Å². The first-order valence-corrected chi connectivity index (χ1v) is 5.25. The molecular weight excluding hydrogens is 207 g/mol. The van der Waals surface area contributed by atoms with Gasteiger partial charge in [0.05, 0.1) is 12.6 Å². The lowest BCUT2D eigenvalue weighted by atomic mass is 10.1. The Labute approximate surface area is 89.1 Å². The van der Waals surface area contributed by atoms with Crippen molar-refractivity contribution in [2.45, 2.75) is 51.9 Å². The van der Waals surface area contributed by atoms with Crippen LogP contribution in [0.2, 0.25) is 0 Å². The zero-order chi connectivity index (χ0) is 12.1. The second kappa shape index (κ2) is 6.33. The number of rotatable bonds is 6. The Morgan fingerprint density at radius 2 is 1.80 bits per heavy atom. The average molecular weight is 227 g/mol. The third-order valence-electron chi connectivity index (χ3n) is 2.20. The molecule has 0 spiro atoms. The second-order valence-electron chi connectivity index (χ2n) is 4.02. The molecule has 15 heavy (non-hydrogen) atoms. The molecule has 0 radical (unpaired) electrons. The highest BCUT2D eigenvalue weighted by Gasteiger charge is 2.32. The molecule has 0 rings (SSSR count). The van der Waals surface area contributed by atoms with Gasteiger partial charge in [0.25, 0.3) is 0 Å². The van der Waals surface area contributed by atoms with Crippen molar-refractivity contribution in [3.8, 4) is 0 Å². The van der Waals surface area contributed by atoms with Gasteiger partial charge >= 0.3 is 6.18 Å². The molecule has 0 amide bonds. The zero-order valence-electron chi connectivity index (χ0n) is 9.51. The molecule has 0 aromatic rings. The molecule has 0 saturated heterocycles. The summed E-state index contributed by atoms with van der Waals surface area (Å²) >= 11 is 0. The fourth-order valence-corrected chi connectivity index (χ4v) is 1.62. The van der Waals surface area contributed by atoms with Crippen molar-refractivity contribution >= 4 is 0 Å². The van der Waals surface area contributed by atoms with Gasteiger partial charge in [-0.05, 0) is 33.2 Å². The highest BCUT2D eigenvalue weighted by Crippen LogP contribution is 2.19. The first-order chi connectivity index (χ1) is 6.76. The van der Waals surface area contributed by atoms with E-state index >= 15 is 0 Å². The minimum absolute atomic E-state index is 0.244. The van der Waals surface area contributed by atoms with E-state index < -0.39 is 18.8 Å². The zero-order valence-corrected chi connectivity index (χ0v) is 9.51. The summed E-state index contributed by atoms with van der Waals surface area (Å²) in [7, 11) is 0. The standard InChI is InChI=1S/C10H20F3NO/c1-4-5-14(7-10(11,12)13)8(2)6-9(3)15/h8-9,15H,4-7H2,1-3H3. The fourth-order valence-electron chi connectivity index (χ4n) is 1.62. The van der Waals surface area contributed by atoms with Gasteiger partial charge in [-0.3, -0.25) is 4.90 Å². The van der Waals surface area contributed by atoms with Crippen LogP contribution in [0.15, 0.2) is 0 Å². The SMILES string of the molecule is CCCN(CC(F)(F)F)C(C)CC(C)O. The van der Waals surface area contributed by atoms with Gasteiger partial charge in [0.2, 0.25) is 0 Å². The molecule has 1 N–H and O–H groups in total. The second-order valence-corrected chi connectivity index (χ2v) is 4.02. The molecule has 0 aromatic carbocycles. The summed E-state index contributed by atoms with van der Waals surface area (Å²) in [6, 6.07) is -0.244. The lowest BCUT2D eigenvalue weighted by molar-refractivity contribution is -0.151. The summed E-state index contributed by atoms with van der Waals surface area (Å²) < 4.78 is 36.7. The first kappa shape index (κ1) is 14.7. The molecular formula is C10H20F3NO. The van der Waals surface area contributed by atoms with E-state index in [0.717, 1.165) is 0 Å². The van der Waals surface area contributed by atoms with Crippen LogP contribution >= 0.6 is 0 Å². The summed E-state index contributed by atoms with van der Waals surface area (Å²) in [4.78, 5) is 1.37. The molecule has 0 fully saturated rings. The Bertz CT molecular complexity index is 171. The average Bonchev–Trinajstić information content (AvgIpc) is 1.99. The summed E-state index contributed by atoms with van der Waals surface area (Å²) in [5, 5.41) is 9.13. The normalized spacial score (nSPS) is 16.8. The lowest BCUT2D eigenvalue weighted by Crippen LogP contribution is -2.42. The van der Waals surface area contributed by atoms with Gasteiger partial charge in [0.1, 0.15) is 0 Å². The largest absolute Gasteiger partial charge is 0.401 e. The number of hydrogen-bond donors (Lipinski definition) is 1. The van der Waals surface area contributed by atoms with Crippen molar-refractivity contribution in [3.63, 3.8) is 0 Å². The van der Waals surface area contributed by atoms with Gasteiger partial charge in [0, 0.05) is 6.04 Å². The topological polar surface area (TPSA) is 23.5 Å². The van der Waals surface area contributed by atoms with Crippen LogP contribution in [0.25, 0.3) is 0 Å². The number of nitrogens with zero attached hydrogens (tertiary/aromatic N) is 1. The molecule has 0 aromatic heterocycles. The molecule has 5 heteroatoms. The van der Waals surface area contributed by atoms with Crippen LogP contribution in [0.1, 0.15) is 33.6 Å². The minimum atomic E-state index is -4.16.